The molecule has 0 amide bonds. The number of aliphatic imine (C=N–C) groups is 1. The first kappa shape index (κ1) is 17.0. The molecule has 7 nitrogen and oxygen atoms in total. The number of rotatable bonds is 5. The largest absolute Gasteiger partial charge is 0.433 e. The average Bonchev–Trinajstić information content (AvgIpc) is 3.01. The summed E-state index contributed by atoms with van der Waals surface area (Å²) in [6.07, 6.45) is 1.35. The minimum Gasteiger partial charge on any atom is -0.400 e. The Hall–Kier alpha value is -2.32. The lowest BCUT2D eigenvalue weighted by atomic mass is 10.2. The van der Waals surface area contributed by atoms with Gasteiger partial charge in [0.25, 0.3) is 0 Å². The molecule has 1 N–H and O–H groups in total. The number of hydrazone groups is 1. The van der Waals surface area contributed by atoms with Crippen LogP contribution in [0, 0.1) is 10.1 Å². The van der Waals surface area contributed by atoms with Crippen molar-refractivity contribution in [3.63, 3.8) is 0 Å². The van der Waals surface area contributed by atoms with E-state index in [4.69, 9.17) is 16.0 Å². The summed E-state index contributed by atoms with van der Waals surface area (Å²) < 4.78 is 4.95. The number of hydrogen-bond donors (Lipinski definition) is 1. The first-order valence-electron chi connectivity index (χ1n) is 6.46. The molecule has 23 heavy (non-hydrogen) atoms. The Morgan fingerprint density at radius 3 is 2.74 bits per heavy atom. The van der Waals surface area contributed by atoms with Crippen LogP contribution in [0.5, 0.6) is 0 Å². The Morgan fingerprint density at radius 2 is 2.13 bits per heavy atom. The van der Waals surface area contributed by atoms with Crippen LogP contribution in [0.2, 0.25) is 5.02 Å². The molecule has 1 heterocycles. The summed E-state index contributed by atoms with van der Waals surface area (Å²) in [4.78, 5) is 14.0. The monoisotopic (exact) mass is 352 g/mol. The molecule has 9 heteroatoms. The Balaban J connectivity index is 1.85. The van der Waals surface area contributed by atoms with Gasteiger partial charge in [-0.25, -0.2) is 0 Å². The van der Waals surface area contributed by atoms with Crippen LogP contribution >= 0.6 is 23.4 Å². The van der Waals surface area contributed by atoms with Gasteiger partial charge < -0.3 is 4.42 Å². The summed E-state index contributed by atoms with van der Waals surface area (Å²) in [6, 6.07) is 10.3. The standard InChI is InChI=1S/C14H13ClN4O3S/c1-16-14(23-9-10-2-4-11(15)5-3-10)18-17-8-12-6-7-13(22-12)19(20)21/h2-8H,9H2,1H3,(H,16,18)/b17-8+. The smallest absolute Gasteiger partial charge is 0.400 e. The van der Waals surface area contributed by atoms with Gasteiger partial charge in [0.1, 0.15) is 4.92 Å². The van der Waals surface area contributed by atoms with E-state index < -0.39 is 4.92 Å². The lowest BCUT2D eigenvalue weighted by Gasteiger charge is -2.04. The van der Waals surface area contributed by atoms with Crippen molar-refractivity contribution in [2.45, 2.75) is 5.75 Å². The Labute approximate surface area is 141 Å². The van der Waals surface area contributed by atoms with Crippen molar-refractivity contribution in [3.8, 4) is 0 Å². The molecule has 120 valence electrons. The highest BCUT2D eigenvalue weighted by atomic mass is 35.5. The highest BCUT2D eigenvalue weighted by Crippen LogP contribution is 2.16. The quantitative estimate of drug-likeness (QED) is 0.383. The second-order valence-electron chi connectivity index (χ2n) is 4.25. The van der Waals surface area contributed by atoms with Crippen molar-refractivity contribution >= 4 is 40.6 Å². The molecule has 1 aromatic heterocycles. The zero-order valence-electron chi connectivity index (χ0n) is 12.1. The van der Waals surface area contributed by atoms with Crippen LogP contribution in [0.1, 0.15) is 11.3 Å². The number of nitrogens with zero attached hydrogens (tertiary/aromatic N) is 3. The molecule has 0 fully saturated rings. The molecule has 0 bridgehead atoms. The molecular formula is C14H13ClN4O3S. The van der Waals surface area contributed by atoms with Crippen molar-refractivity contribution in [1.29, 1.82) is 0 Å². The molecule has 0 unspecified atom stereocenters. The van der Waals surface area contributed by atoms with Gasteiger partial charge in [-0.2, -0.15) is 5.10 Å². The van der Waals surface area contributed by atoms with E-state index in [1.54, 1.807) is 7.05 Å². The number of thioether (sulfide) groups is 1. The number of benzene rings is 1. The minimum absolute atomic E-state index is 0.280. The van der Waals surface area contributed by atoms with Crippen LogP contribution < -0.4 is 5.43 Å². The predicted octanol–water partition coefficient (Wildman–Crippen LogP) is 3.68. The van der Waals surface area contributed by atoms with Gasteiger partial charge in [-0.05, 0) is 23.8 Å². The third-order valence-corrected chi connectivity index (χ3v) is 3.91. The van der Waals surface area contributed by atoms with Crippen LogP contribution in [0.15, 0.2) is 50.9 Å². The van der Waals surface area contributed by atoms with Crippen LogP contribution in [0.3, 0.4) is 0 Å². The van der Waals surface area contributed by atoms with E-state index in [0.717, 1.165) is 5.56 Å². The Bertz CT molecular complexity index is 728. The molecule has 0 saturated carbocycles. The fourth-order valence-corrected chi connectivity index (χ4v) is 2.41. The van der Waals surface area contributed by atoms with Crippen molar-refractivity contribution in [1.82, 2.24) is 5.43 Å². The molecule has 0 atom stereocenters. The van der Waals surface area contributed by atoms with Crippen molar-refractivity contribution in [2.24, 2.45) is 10.1 Å². The number of nitro groups is 1. The third-order valence-electron chi connectivity index (χ3n) is 2.64. The lowest BCUT2D eigenvalue weighted by molar-refractivity contribution is -0.402. The predicted molar refractivity (Wildman–Crippen MR) is 92.2 cm³/mol. The SMILES string of the molecule is CN=C(N/N=C/c1ccc([N+](=O)[O-])o1)SCc1ccc(Cl)cc1. The topological polar surface area (TPSA) is 93.0 Å². The number of hydrogen-bond acceptors (Lipinski definition) is 6. The summed E-state index contributed by atoms with van der Waals surface area (Å²) >= 11 is 7.31. The maximum atomic E-state index is 10.5. The summed E-state index contributed by atoms with van der Waals surface area (Å²) in [5, 5.41) is 15.8. The van der Waals surface area contributed by atoms with Gasteiger partial charge in [-0.1, -0.05) is 35.5 Å². The molecule has 0 radical (unpaired) electrons. The lowest BCUT2D eigenvalue weighted by Crippen LogP contribution is -2.14. The average molecular weight is 353 g/mol. The van der Waals surface area contributed by atoms with Gasteiger partial charge in [-0.15, -0.1) is 0 Å². The van der Waals surface area contributed by atoms with E-state index in [-0.39, 0.29) is 11.6 Å². The van der Waals surface area contributed by atoms with Crippen LogP contribution in [0.4, 0.5) is 5.88 Å². The fourth-order valence-electron chi connectivity index (χ4n) is 1.54. The number of halogens is 1. The van der Waals surface area contributed by atoms with Gasteiger partial charge in [0.15, 0.2) is 10.9 Å². The maximum absolute atomic E-state index is 10.5. The van der Waals surface area contributed by atoms with Crippen LogP contribution in [0.25, 0.3) is 0 Å². The van der Waals surface area contributed by atoms with Crippen molar-refractivity contribution in [3.05, 3.63) is 62.9 Å². The highest BCUT2D eigenvalue weighted by molar-refractivity contribution is 8.13. The number of amidine groups is 1. The molecule has 0 aliphatic heterocycles. The molecule has 0 aliphatic carbocycles. The van der Waals surface area contributed by atoms with E-state index in [0.29, 0.717) is 15.9 Å². The van der Waals surface area contributed by atoms with E-state index in [9.17, 15) is 10.1 Å². The first-order chi connectivity index (χ1) is 11.1. The molecule has 0 aliphatic rings. The van der Waals surface area contributed by atoms with Crippen LogP contribution in [-0.4, -0.2) is 23.4 Å². The molecule has 1 aromatic carbocycles. The normalized spacial score (nSPS) is 11.8. The van der Waals surface area contributed by atoms with Crippen molar-refractivity contribution < 1.29 is 9.34 Å². The zero-order chi connectivity index (χ0) is 16.7. The van der Waals surface area contributed by atoms with E-state index >= 15 is 0 Å². The zero-order valence-corrected chi connectivity index (χ0v) is 13.7. The summed E-state index contributed by atoms with van der Waals surface area (Å²) in [6.45, 7) is 0. The third kappa shape index (κ3) is 5.42. The molecule has 2 aromatic rings. The first-order valence-corrected chi connectivity index (χ1v) is 7.82. The van der Waals surface area contributed by atoms with E-state index in [1.165, 1.54) is 30.1 Å². The maximum Gasteiger partial charge on any atom is 0.433 e. The van der Waals surface area contributed by atoms with Crippen molar-refractivity contribution in [2.75, 3.05) is 7.05 Å². The van der Waals surface area contributed by atoms with Gasteiger partial charge in [0, 0.05) is 17.8 Å². The van der Waals surface area contributed by atoms with E-state index in [2.05, 4.69) is 15.5 Å². The van der Waals surface area contributed by atoms with Crippen LogP contribution in [-0.2, 0) is 5.75 Å². The minimum atomic E-state index is -0.605. The molecule has 0 saturated heterocycles. The van der Waals surface area contributed by atoms with Gasteiger partial charge in [0.2, 0.25) is 0 Å². The number of nitrogens with one attached hydrogen (secondary N) is 1. The van der Waals surface area contributed by atoms with Gasteiger partial charge in [0.05, 0.1) is 12.3 Å². The van der Waals surface area contributed by atoms with Gasteiger partial charge in [-0.3, -0.25) is 20.5 Å². The number of furan rings is 1. The summed E-state index contributed by atoms with van der Waals surface area (Å²) in [5.74, 6) is 0.661. The summed E-state index contributed by atoms with van der Waals surface area (Å²) in [7, 11) is 1.64. The Kier molecular flexibility index (Phi) is 6.19. The van der Waals surface area contributed by atoms with Gasteiger partial charge >= 0.3 is 5.88 Å². The second kappa shape index (κ2) is 8.35. The Morgan fingerprint density at radius 1 is 1.39 bits per heavy atom. The molecule has 0 spiro atoms. The second-order valence-corrected chi connectivity index (χ2v) is 5.65. The summed E-state index contributed by atoms with van der Waals surface area (Å²) in [5.41, 5.74) is 3.87. The fraction of sp³-hybridized carbons (Fsp3) is 0.143. The van der Waals surface area contributed by atoms with E-state index in [1.807, 2.05) is 24.3 Å². The highest BCUT2D eigenvalue weighted by Gasteiger charge is 2.10. The molecule has 2 rings (SSSR count). The molecular weight excluding hydrogens is 340 g/mol.